The first-order valence-corrected chi connectivity index (χ1v) is 9.58. The lowest BCUT2D eigenvalue weighted by molar-refractivity contribution is 0.603. The van der Waals surface area contributed by atoms with E-state index >= 15 is 0 Å². The van der Waals surface area contributed by atoms with E-state index in [9.17, 15) is 8.42 Å². The summed E-state index contributed by atoms with van der Waals surface area (Å²) in [6.07, 6.45) is 2.95. The highest BCUT2D eigenvalue weighted by atomic mass is 35.5. The molecule has 3 nitrogen and oxygen atoms in total. The summed E-state index contributed by atoms with van der Waals surface area (Å²) in [6, 6.07) is 5.82. The van der Waals surface area contributed by atoms with E-state index in [4.69, 9.17) is 17.3 Å². The molecule has 0 aliphatic heterocycles. The lowest BCUT2D eigenvalue weighted by atomic mass is 10.1. The molecule has 0 amide bonds. The molecule has 0 spiro atoms. The fourth-order valence-corrected chi connectivity index (χ4v) is 4.11. The van der Waals surface area contributed by atoms with Crippen LogP contribution in [0.15, 0.2) is 23.1 Å². The van der Waals surface area contributed by atoms with Gasteiger partial charge in [-0.05, 0) is 30.5 Å². The van der Waals surface area contributed by atoms with E-state index in [1.54, 1.807) is 0 Å². The Morgan fingerprint density at radius 3 is 2.68 bits per heavy atom. The van der Waals surface area contributed by atoms with Crippen molar-refractivity contribution in [2.24, 2.45) is 5.73 Å². The van der Waals surface area contributed by atoms with Crippen molar-refractivity contribution in [1.29, 1.82) is 0 Å². The molecule has 2 N–H and O–H groups in total. The number of hydrogen-bond acceptors (Lipinski definition) is 4. The molecule has 1 unspecified atom stereocenters. The Kier molecular flexibility index (Phi) is 6.66. The van der Waals surface area contributed by atoms with Gasteiger partial charge in [0.15, 0.2) is 0 Å². The van der Waals surface area contributed by atoms with Crippen molar-refractivity contribution in [3.8, 4) is 0 Å². The average molecular weight is 322 g/mol. The van der Waals surface area contributed by atoms with Gasteiger partial charge in [-0.2, -0.15) is 0 Å². The Hall–Kier alpha value is -0.230. The van der Waals surface area contributed by atoms with Crippen molar-refractivity contribution in [1.82, 2.24) is 0 Å². The van der Waals surface area contributed by atoms with Gasteiger partial charge in [-0.15, -0.1) is 11.8 Å². The highest BCUT2D eigenvalue weighted by molar-refractivity contribution is 8.00. The van der Waals surface area contributed by atoms with Crippen LogP contribution in [0.4, 0.5) is 0 Å². The van der Waals surface area contributed by atoms with Crippen molar-refractivity contribution >= 4 is 33.2 Å². The van der Waals surface area contributed by atoms with E-state index in [0.717, 1.165) is 23.3 Å². The van der Waals surface area contributed by atoms with Crippen LogP contribution in [-0.4, -0.2) is 32.2 Å². The zero-order valence-electron chi connectivity index (χ0n) is 11.2. The van der Waals surface area contributed by atoms with Crippen molar-refractivity contribution < 1.29 is 8.42 Å². The molecule has 6 heteroatoms. The SMILES string of the molecule is CCC(N)Cc1ccc(Cl)cc1SCCS(C)(=O)=O. The topological polar surface area (TPSA) is 60.2 Å². The van der Waals surface area contributed by atoms with Crippen LogP contribution in [0.2, 0.25) is 5.02 Å². The lowest BCUT2D eigenvalue weighted by Gasteiger charge is -2.13. The largest absolute Gasteiger partial charge is 0.327 e. The smallest absolute Gasteiger partial charge is 0.148 e. The van der Waals surface area contributed by atoms with Gasteiger partial charge in [0.05, 0.1) is 5.75 Å². The molecule has 0 saturated carbocycles. The fourth-order valence-electron chi connectivity index (χ4n) is 1.56. The summed E-state index contributed by atoms with van der Waals surface area (Å²) in [7, 11) is -2.92. The Morgan fingerprint density at radius 2 is 2.11 bits per heavy atom. The maximum Gasteiger partial charge on any atom is 0.148 e. The molecule has 0 saturated heterocycles. The van der Waals surface area contributed by atoms with Gasteiger partial charge in [-0.25, -0.2) is 8.42 Å². The quantitative estimate of drug-likeness (QED) is 0.784. The first-order valence-electron chi connectivity index (χ1n) is 6.16. The summed E-state index contributed by atoms with van der Waals surface area (Å²) in [6.45, 7) is 2.05. The molecule has 108 valence electrons. The zero-order chi connectivity index (χ0) is 14.5. The third kappa shape index (κ3) is 6.65. The summed E-state index contributed by atoms with van der Waals surface area (Å²) in [5, 5.41) is 0.663. The van der Waals surface area contributed by atoms with Gasteiger partial charge >= 0.3 is 0 Å². The van der Waals surface area contributed by atoms with Crippen molar-refractivity contribution in [3.63, 3.8) is 0 Å². The molecule has 0 heterocycles. The molecule has 0 radical (unpaired) electrons. The number of sulfone groups is 1. The number of hydrogen-bond donors (Lipinski definition) is 1. The molecular formula is C13H20ClNO2S2. The summed E-state index contributed by atoms with van der Waals surface area (Å²) in [4.78, 5) is 1.03. The third-order valence-electron chi connectivity index (χ3n) is 2.75. The van der Waals surface area contributed by atoms with Crippen LogP contribution in [-0.2, 0) is 16.3 Å². The second-order valence-corrected chi connectivity index (χ2v) is 8.44. The van der Waals surface area contributed by atoms with Crippen molar-refractivity contribution in [2.45, 2.75) is 30.7 Å². The van der Waals surface area contributed by atoms with Crippen LogP contribution >= 0.6 is 23.4 Å². The van der Waals surface area contributed by atoms with E-state index in [0.29, 0.717) is 10.8 Å². The van der Waals surface area contributed by atoms with Gasteiger partial charge in [0.2, 0.25) is 0 Å². The molecular weight excluding hydrogens is 302 g/mol. The zero-order valence-corrected chi connectivity index (χ0v) is 13.6. The second kappa shape index (κ2) is 7.53. The summed E-state index contributed by atoms with van der Waals surface area (Å²) >= 11 is 7.51. The van der Waals surface area contributed by atoms with Crippen molar-refractivity contribution in [3.05, 3.63) is 28.8 Å². The minimum atomic E-state index is -2.92. The highest BCUT2D eigenvalue weighted by Crippen LogP contribution is 2.27. The average Bonchev–Trinajstić information content (AvgIpc) is 2.30. The monoisotopic (exact) mass is 321 g/mol. The van der Waals surface area contributed by atoms with Crippen molar-refractivity contribution in [2.75, 3.05) is 17.8 Å². The molecule has 1 aromatic rings. The van der Waals surface area contributed by atoms with Crippen LogP contribution < -0.4 is 5.73 Å². The lowest BCUT2D eigenvalue weighted by Crippen LogP contribution is -2.21. The number of thioether (sulfide) groups is 1. The van der Waals surface area contributed by atoms with Gasteiger partial charge in [-0.3, -0.25) is 0 Å². The van der Waals surface area contributed by atoms with Crippen LogP contribution in [0.5, 0.6) is 0 Å². The van der Waals surface area contributed by atoms with E-state index < -0.39 is 9.84 Å². The predicted molar refractivity (Wildman–Crippen MR) is 83.9 cm³/mol. The number of rotatable bonds is 7. The minimum Gasteiger partial charge on any atom is -0.327 e. The van der Waals surface area contributed by atoms with Crippen LogP contribution in [0.25, 0.3) is 0 Å². The Bertz CT molecular complexity index is 517. The maximum absolute atomic E-state index is 11.1. The van der Waals surface area contributed by atoms with E-state index in [2.05, 4.69) is 6.92 Å². The molecule has 0 fully saturated rings. The van der Waals surface area contributed by atoms with Gasteiger partial charge < -0.3 is 5.73 Å². The Morgan fingerprint density at radius 1 is 1.42 bits per heavy atom. The van der Waals surface area contributed by atoms with E-state index in [1.807, 2.05) is 18.2 Å². The van der Waals surface area contributed by atoms with Crippen LogP contribution in [0.1, 0.15) is 18.9 Å². The summed E-state index contributed by atoms with van der Waals surface area (Å²) < 4.78 is 22.3. The molecule has 1 aromatic carbocycles. The normalized spacial score (nSPS) is 13.5. The number of nitrogens with two attached hydrogens (primary N) is 1. The van der Waals surface area contributed by atoms with E-state index in [1.165, 1.54) is 18.0 Å². The first kappa shape index (κ1) is 16.8. The highest BCUT2D eigenvalue weighted by Gasteiger charge is 2.09. The fraction of sp³-hybridized carbons (Fsp3) is 0.538. The van der Waals surface area contributed by atoms with Gasteiger partial charge in [-0.1, -0.05) is 24.6 Å². The van der Waals surface area contributed by atoms with Crippen LogP contribution in [0.3, 0.4) is 0 Å². The maximum atomic E-state index is 11.1. The third-order valence-corrected chi connectivity index (χ3v) is 5.29. The molecule has 1 atom stereocenters. The molecule has 19 heavy (non-hydrogen) atoms. The molecule has 0 aromatic heterocycles. The minimum absolute atomic E-state index is 0.121. The molecule has 0 bridgehead atoms. The van der Waals surface area contributed by atoms with E-state index in [-0.39, 0.29) is 11.8 Å². The van der Waals surface area contributed by atoms with Gasteiger partial charge in [0.1, 0.15) is 9.84 Å². The number of halogens is 1. The second-order valence-electron chi connectivity index (χ2n) is 4.60. The molecule has 0 aliphatic carbocycles. The standard InChI is InChI=1S/C13H20ClNO2S2/c1-3-12(15)8-10-4-5-11(14)9-13(10)18-6-7-19(2,16)17/h4-5,9,12H,3,6-8,15H2,1-2H3. The Balaban J connectivity index is 2.76. The predicted octanol–water partition coefficient (Wildman–Crippen LogP) is 2.76. The molecule has 0 aliphatic rings. The Labute approximate surface area is 124 Å². The summed E-state index contributed by atoms with van der Waals surface area (Å²) in [5.74, 6) is 0.705. The van der Waals surface area contributed by atoms with Gasteiger partial charge in [0, 0.05) is 28.0 Å². The molecule has 1 rings (SSSR count). The van der Waals surface area contributed by atoms with Crippen LogP contribution in [0, 0.1) is 0 Å². The first-order chi connectivity index (χ1) is 8.81. The number of benzene rings is 1. The van der Waals surface area contributed by atoms with Gasteiger partial charge in [0.25, 0.3) is 0 Å². The summed E-state index contributed by atoms with van der Waals surface area (Å²) in [5.41, 5.74) is 7.11.